The molecule has 0 radical (unpaired) electrons. The third-order valence-electron chi connectivity index (χ3n) is 2.61. The molecule has 0 fully saturated rings. The first-order chi connectivity index (χ1) is 8.49. The van der Waals surface area contributed by atoms with Crippen molar-refractivity contribution in [3.05, 3.63) is 23.7 Å². The lowest BCUT2D eigenvalue weighted by Gasteiger charge is -2.16. The van der Waals surface area contributed by atoms with E-state index in [9.17, 15) is 5.11 Å². The molecular formula is C14H25NO3. The maximum Gasteiger partial charge on any atom is 0.120 e. The summed E-state index contributed by atoms with van der Waals surface area (Å²) in [4.78, 5) is 0. The Balaban J connectivity index is 2.19. The zero-order valence-corrected chi connectivity index (χ0v) is 11.8. The fourth-order valence-corrected chi connectivity index (χ4v) is 1.60. The Hall–Kier alpha value is -0.840. The zero-order valence-electron chi connectivity index (χ0n) is 11.8. The highest BCUT2D eigenvalue weighted by molar-refractivity contribution is 5.08. The van der Waals surface area contributed by atoms with Gasteiger partial charge in [-0.15, -0.1) is 0 Å². The van der Waals surface area contributed by atoms with E-state index in [1.165, 1.54) is 0 Å². The average Bonchev–Trinajstić information content (AvgIpc) is 2.72. The molecule has 2 atom stereocenters. The Bertz CT molecular complexity index is 336. The summed E-state index contributed by atoms with van der Waals surface area (Å²) in [6, 6.07) is 3.99. The van der Waals surface area contributed by atoms with Gasteiger partial charge in [-0.25, -0.2) is 0 Å². The normalized spacial score (nSPS) is 15.0. The van der Waals surface area contributed by atoms with E-state index in [4.69, 9.17) is 9.15 Å². The van der Waals surface area contributed by atoms with Gasteiger partial charge in [0.15, 0.2) is 0 Å². The maximum atomic E-state index is 9.74. The summed E-state index contributed by atoms with van der Waals surface area (Å²) in [5.41, 5.74) is 0. The van der Waals surface area contributed by atoms with Crippen molar-refractivity contribution >= 4 is 0 Å². The number of hydrogen-bond acceptors (Lipinski definition) is 4. The Morgan fingerprint density at radius 3 is 2.56 bits per heavy atom. The van der Waals surface area contributed by atoms with Crippen molar-refractivity contribution in [3.8, 4) is 0 Å². The molecule has 0 spiro atoms. The van der Waals surface area contributed by atoms with Gasteiger partial charge in [-0.2, -0.15) is 0 Å². The van der Waals surface area contributed by atoms with Gasteiger partial charge in [0.25, 0.3) is 0 Å². The summed E-state index contributed by atoms with van der Waals surface area (Å²) in [5.74, 6) is 2.29. The van der Waals surface area contributed by atoms with Crippen molar-refractivity contribution in [3.63, 3.8) is 0 Å². The number of nitrogens with one attached hydrogen (secondary N) is 1. The maximum absolute atomic E-state index is 9.74. The van der Waals surface area contributed by atoms with E-state index in [1.807, 2.05) is 26.0 Å². The van der Waals surface area contributed by atoms with Gasteiger partial charge in [0, 0.05) is 13.2 Å². The van der Waals surface area contributed by atoms with E-state index in [0.29, 0.717) is 25.7 Å². The largest absolute Gasteiger partial charge is 0.465 e. The Morgan fingerprint density at radius 1 is 1.28 bits per heavy atom. The molecule has 2 unspecified atom stereocenters. The molecule has 1 rings (SSSR count). The molecule has 18 heavy (non-hydrogen) atoms. The number of ether oxygens (including phenoxy) is 1. The molecule has 1 aromatic heterocycles. The smallest absolute Gasteiger partial charge is 0.120 e. The fraction of sp³-hybridized carbons (Fsp3) is 0.714. The van der Waals surface area contributed by atoms with Crippen molar-refractivity contribution in [2.24, 2.45) is 5.92 Å². The predicted molar refractivity (Wildman–Crippen MR) is 71.5 cm³/mol. The van der Waals surface area contributed by atoms with E-state index in [2.05, 4.69) is 19.2 Å². The van der Waals surface area contributed by atoms with Crippen molar-refractivity contribution < 1.29 is 14.3 Å². The lowest BCUT2D eigenvalue weighted by Crippen LogP contribution is -2.32. The fourth-order valence-electron chi connectivity index (χ4n) is 1.60. The Morgan fingerprint density at radius 2 is 2.00 bits per heavy atom. The molecule has 0 bridgehead atoms. The molecule has 0 saturated carbocycles. The number of rotatable bonds is 8. The lowest BCUT2D eigenvalue weighted by molar-refractivity contribution is 0.0249. The second-order valence-corrected chi connectivity index (χ2v) is 5.16. The minimum Gasteiger partial charge on any atom is -0.465 e. The van der Waals surface area contributed by atoms with Gasteiger partial charge in [0.2, 0.25) is 0 Å². The lowest BCUT2D eigenvalue weighted by atomic mass is 10.2. The Labute approximate surface area is 109 Å². The third kappa shape index (κ3) is 5.67. The van der Waals surface area contributed by atoms with Crippen LogP contribution in [-0.2, 0) is 4.74 Å². The second-order valence-electron chi connectivity index (χ2n) is 5.16. The van der Waals surface area contributed by atoms with Crippen molar-refractivity contribution in [1.82, 2.24) is 5.32 Å². The molecule has 0 aliphatic rings. The average molecular weight is 255 g/mol. The van der Waals surface area contributed by atoms with Crippen molar-refractivity contribution in [2.75, 3.05) is 19.8 Å². The third-order valence-corrected chi connectivity index (χ3v) is 2.61. The number of aliphatic hydroxyl groups is 1. The van der Waals surface area contributed by atoms with Crippen LogP contribution < -0.4 is 5.32 Å². The van der Waals surface area contributed by atoms with E-state index < -0.39 is 6.10 Å². The van der Waals surface area contributed by atoms with E-state index in [-0.39, 0.29) is 6.04 Å². The second kappa shape index (κ2) is 7.56. The SMILES string of the molecule is Cc1ccc(C(C)NCC(O)COCC(C)C)o1. The Kier molecular flexibility index (Phi) is 6.39. The monoisotopic (exact) mass is 255 g/mol. The molecule has 4 heteroatoms. The molecule has 1 aromatic rings. The van der Waals surface area contributed by atoms with Crippen LogP contribution >= 0.6 is 0 Å². The van der Waals surface area contributed by atoms with Crippen LogP contribution in [0.1, 0.15) is 38.3 Å². The first-order valence-corrected chi connectivity index (χ1v) is 6.54. The van der Waals surface area contributed by atoms with Crippen LogP contribution in [0.2, 0.25) is 0 Å². The first-order valence-electron chi connectivity index (χ1n) is 6.54. The first kappa shape index (κ1) is 15.2. The molecule has 0 aliphatic heterocycles. The molecule has 4 nitrogen and oxygen atoms in total. The molecule has 0 aliphatic carbocycles. The molecule has 0 amide bonds. The topological polar surface area (TPSA) is 54.6 Å². The molecular weight excluding hydrogens is 230 g/mol. The highest BCUT2D eigenvalue weighted by Crippen LogP contribution is 2.15. The van der Waals surface area contributed by atoms with Crippen LogP contribution in [0.5, 0.6) is 0 Å². The van der Waals surface area contributed by atoms with E-state index in [0.717, 1.165) is 11.5 Å². The summed E-state index contributed by atoms with van der Waals surface area (Å²) in [6.07, 6.45) is -0.484. The van der Waals surface area contributed by atoms with Gasteiger partial charge in [-0.1, -0.05) is 13.8 Å². The van der Waals surface area contributed by atoms with Crippen LogP contribution in [-0.4, -0.2) is 31.0 Å². The van der Waals surface area contributed by atoms with Crippen LogP contribution in [0.25, 0.3) is 0 Å². The van der Waals surface area contributed by atoms with Crippen molar-refractivity contribution in [1.29, 1.82) is 0 Å². The summed E-state index contributed by atoms with van der Waals surface area (Å²) >= 11 is 0. The number of hydrogen-bond donors (Lipinski definition) is 2. The minimum absolute atomic E-state index is 0.0958. The van der Waals surface area contributed by atoms with Gasteiger partial charge in [0.1, 0.15) is 11.5 Å². The zero-order chi connectivity index (χ0) is 13.5. The van der Waals surface area contributed by atoms with Crippen LogP contribution in [0, 0.1) is 12.8 Å². The van der Waals surface area contributed by atoms with E-state index >= 15 is 0 Å². The molecule has 0 aromatic carbocycles. The molecule has 0 saturated heterocycles. The standard InChI is InChI=1S/C14H25NO3/c1-10(2)8-17-9-13(16)7-15-12(4)14-6-5-11(3)18-14/h5-6,10,12-13,15-16H,7-9H2,1-4H3. The van der Waals surface area contributed by atoms with Crippen molar-refractivity contribution in [2.45, 2.75) is 39.8 Å². The van der Waals surface area contributed by atoms with Gasteiger partial charge in [0.05, 0.1) is 18.8 Å². The minimum atomic E-state index is -0.484. The van der Waals surface area contributed by atoms with Gasteiger partial charge in [-0.3, -0.25) is 0 Å². The summed E-state index contributed by atoms with van der Waals surface area (Å²) in [6.45, 7) is 9.67. The summed E-state index contributed by atoms with van der Waals surface area (Å²) < 4.78 is 10.9. The van der Waals surface area contributed by atoms with Crippen LogP contribution in [0.15, 0.2) is 16.5 Å². The van der Waals surface area contributed by atoms with Gasteiger partial charge >= 0.3 is 0 Å². The number of furan rings is 1. The summed E-state index contributed by atoms with van der Waals surface area (Å²) in [7, 11) is 0. The van der Waals surface area contributed by atoms with Gasteiger partial charge < -0.3 is 19.6 Å². The predicted octanol–water partition coefficient (Wildman–Crippen LogP) is 2.27. The molecule has 2 N–H and O–H groups in total. The highest BCUT2D eigenvalue weighted by Gasteiger charge is 2.11. The number of aliphatic hydroxyl groups excluding tert-OH is 1. The molecule has 1 heterocycles. The molecule has 104 valence electrons. The van der Waals surface area contributed by atoms with E-state index in [1.54, 1.807) is 0 Å². The van der Waals surface area contributed by atoms with Crippen LogP contribution in [0.3, 0.4) is 0 Å². The van der Waals surface area contributed by atoms with Crippen LogP contribution in [0.4, 0.5) is 0 Å². The summed E-state index contributed by atoms with van der Waals surface area (Å²) in [5, 5.41) is 13.0. The van der Waals surface area contributed by atoms with Gasteiger partial charge in [-0.05, 0) is 31.9 Å². The number of aryl methyl sites for hydroxylation is 1. The quantitative estimate of drug-likeness (QED) is 0.748. The highest BCUT2D eigenvalue weighted by atomic mass is 16.5.